The number of ketones is 1. The average Bonchev–Trinajstić information content (AvgIpc) is 2.49. The van der Waals surface area contributed by atoms with Crippen LogP contribution in [0.4, 0.5) is 0 Å². The number of hydrogen-bond donors (Lipinski definition) is 0. The van der Waals surface area contributed by atoms with Gasteiger partial charge in [-0.3, -0.25) is 14.2 Å². The molecule has 0 N–H and O–H groups in total. The Morgan fingerprint density at radius 2 is 2.14 bits per heavy atom. The second-order valence-electron chi connectivity index (χ2n) is 4.52. The van der Waals surface area contributed by atoms with Crippen LogP contribution in [0.3, 0.4) is 0 Å². The molecule has 0 aliphatic rings. The van der Waals surface area contributed by atoms with Crippen LogP contribution < -0.4 is 10.3 Å². The Morgan fingerprint density at radius 1 is 1.38 bits per heavy atom. The lowest BCUT2D eigenvalue weighted by Gasteiger charge is -2.07. The zero-order chi connectivity index (χ0) is 15.4. The summed E-state index contributed by atoms with van der Waals surface area (Å²) >= 11 is 1.25. The summed E-state index contributed by atoms with van der Waals surface area (Å²) in [5.41, 5.74) is 1.10. The van der Waals surface area contributed by atoms with Gasteiger partial charge in [-0.1, -0.05) is 23.9 Å². The summed E-state index contributed by atoms with van der Waals surface area (Å²) < 4.78 is 6.54. The molecule has 0 bridgehead atoms. The Balaban J connectivity index is 2.12. The normalized spacial score (nSPS) is 10.4. The van der Waals surface area contributed by atoms with Gasteiger partial charge in [-0.25, -0.2) is 4.98 Å². The van der Waals surface area contributed by atoms with Crippen LogP contribution in [0.1, 0.15) is 16.1 Å². The molecule has 2 aromatic rings. The van der Waals surface area contributed by atoms with E-state index in [1.165, 1.54) is 22.4 Å². The number of methoxy groups -OCH3 is 1. The molecule has 6 heteroatoms. The van der Waals surface area contributed by atoms with Gasteiger partial charge in [0.1, 0.15) is 5.75 Å². The molecule has 0 amide bonds. The van der Waals surface area contributed by atoms with Gasteiger partial charge >= 0.3 is 0 Å². The highest BCUT2D eigenvalue weighted by molar-refractivity contribution is 7.99. The van der Waals surface area contributed by atoms with Crippen molar-refractivity contribution in [2.24, 2.45) is 7.05 Å². The Kier molecular flexibility index (Phi) is 4.80. The molecule has 0 saturated carbocycles. The van der Waals surface area contributed by atoms with E-state index in [0.717, 1.165) is 0 Å². The molecule has 0 spiro atoms. The van der Waals surface area contributed by atoms with Crippen LogP contribution in [-0.4, -0.2) is 28.2 Å². The highest BCUT2D eigenvalue weighted by Crippen LogP contribution is 2.18. The van der Waals surface area contributed by atoms with E-state index in [1.807, 2.05) is 0 Å². The fourth-order valence-corrected chi connectivity index (χ4v) is 2.69. The van der Waals surface area contributed by atoms with Crippen LogP contribution in [0.25, 0.3) is 0 Å². The molecule has 0 unspecified atom stereocenters. The first-order valence-electron chi connectivity index (χ1n) is 6.36. The van der Waals surface area contributed by atoms with Crippen LogP contribution in [0.5, 0.6) is 5.75 Å². The van der Waals surface area contributed by atoms with Crippen LogP contribution >= 0.6 is 11.8 Å². The van der Waals surface area contributed by atoms with Gasteiger partial charge in [0.05, 0.1) is 12.9 Å². The zero-order valence-electron chi connectivity index (χ0n) is 12.1. The monoisotopic (exact) mass is 304 g/mol. The number of carbonyl (C=O) groups excluding carboxylic acids is 1. The number of aromatic nitrogens is 2. The Hall–Kier alpha value is -2.08. The topological polar surface area (TPSA) is 61.2 Å². The molecular formula is C15H16N2O3S. The van der Waals surface area contributed by atoms with Gasteiger partial charge in [0, 0.05) is 24.4 Å². The number of rotatable bonds is 5. The van der Waals surface area contributed by atoms with Crippen molar-refractivity contribution < 1.29 is 9.53 Å². The minimum atomic E-state index is -0.126. The maximum Gasteiger partial charge on any atom is 0.254 e. The van der Waals surface area contributed by atoms with E-state index in [0.29, 0.717) is 22.2 Å². The molecule has 110 valence electrons. The molecule has 1 aromatic heterocycles. The Labute approximate surface area is 127 Å². The third kappa shape index (κ3) is 3.72. The standard InChI is InChI=1S/C15H16N2O3S/c1-10-7-14(19)17(2)15(16-10)21-9-13(18)11-5-4-6-12(8-11)20-3/h4-8H,9H2,1-3H3. The molecule has 0 radical (unpaired) electrons. The molecule has 21 heavy (non-hydrogen) atoms. The first-order valence-corrected chi connectivity index (χ1v) is 7.34. The molecule has 2 rings (SSSR count). The lowest BCUT2D eigenvalue weighted by Crippen LogP contribution is -2.20. The number of aryl methyl sites for hydroxylation is 1. The quantitative estimate of drug-likeness (QED) is 0.481. The van der Waals surface area contributed by atoms with Gasteiger partial charge in [-0.05, 0) is 19.1 Å². The lowest BCUT2D eigenvalue weighted by molar-refractivity contribution is 0.102. The molecule has 0 atom stereocenters. The van der Waals surface area contributed by atoms with E-state index in [2.05, 4.69) is 4.98 Å². The molecule has 0 saturated heterocycles. The molecule has 1 heterocycles. The predicted molar refractivity (Wildman–Crippen MR) is 82.3 cm³/mol. The maximum absolute atomic E-state index is 12.2. The molecule has 0 aliphatic heterocycles. The summed E-state index contributed by atoms with van der Waals surface area (Å²) in [7, 11) is 3.21. The van der Waals surface area contributed by atoms with Gasteiger partial charge in [0.2, 0.25) is 0 Å². The number of benzene rings is 1. The smallest absolute Gasteiger partial charge is 0.254 e. The largest absolute Gasteiger partial charge is 0.497 e. The van der Waals surface area contributed by atoms with Crippen molar-refractivity contribution in [1.82, 2.24) is 9.55 Å². The Morgan fingerprint density at radius 3 is 2.86 bits per heavy atom. The van der Waals surface area contributed by atoms with Gasteiger partial charge < -0.3 is 4.74 Å². The van der Waals surface area contributed by atoms with Crippen molar-refractivity contribution in [2.75, 3.05) is 12.9 Å². The molecule has 0 fully saturated rings. The number of ether oxygens (including phenoxy) is 1. The van der Waals surface area contributed by atoms with E-state index in [9.17, 15) is 9.59 Å². The van der Waals surface area contributed by atoms with Crippen molar-refractivity contribution in [3.8, 4) is 5.75 Å². The first kappa shape index (κ1) is 15.3. The van der Waals surface area contributed by atoms with E-state index < -0.39 is 0 Å². The van der Waals surface area contributed by atoms with Crippen LogP contribution in [0.15, 0.2) is 40.3 Å². The van der Waals surface area contributed by atoms with Gasteiger partial charge in [-0.15, -0.1) is 0 Å². The van der Waals surface area contributed by atoms with Crippen LogP contribution in [0.2, 0.25) is 0 Å². The third-order valence-corrected chi connectivity index (χ3v) is 3.98. The summed E-state index contributed by atoms with van der Waals surface area (Å²) in [6.07, 6.45) is 0. The van der Waals surface area contributed by atoms with Gasteiger partial charge in [0.25, 0.3) is 5.56 Å². The SMILES string of the molecule is COc1cccc(C(=O)CSc2nc(C)cc(=O)n2C)c1. The molecule has 1 aromatic carbocycles. The van der Waals surface area contributed by atoms with E-state index in [4.69, 9.17) is 4.74 Å². The van der Waals surface area contributed by atoms with Gasteiger partial charge in [-0.2, -0.15) is 0 Å². The van der Waals surface area contributed by atoms with Crippen LogP contribution in [0, 0.1) is 6.92 Å². The van der Waals surface area contributed by atoms with E-state index in [1.54, 1.807) is 45.3 Å². The molecule has 5 nitrogen and oxygen atoms in total. The van der Waals surface area contributed by atoms with Crippen molar-refractivity contribution in [1.29, 1.82) is 0 Å². The summed E-state index contributed by atoms with van der Waals surface area (Å²) in [5, 5.41) is 0.538. The first-order chi connectivity index (χ1) is 10.0. The number of nitrogens with zero attached hydrogens (tertiary/aromatic N) is 2. The third-order valence-electron chi connectivity index (χ3n) is 2.95. The van der Waals surface area contributed by atoms with E-state index >= 15 is 0 Å². The fourth-order valence-electron chi connectivity index (χ4n) is 1.77. The minimum absolute atomic E-state index is 0.0327. The number of thioether (sulfide) groups is 1. The highest BCUT2D eigenvalue weighted by atomic mass is 32.2. The zero-order valence-corrected chi connectivity index (χ0v) is 12.9. The lowest BCUT2D eigenvalue weighted by atomic mass is 10.1. The molecule has 0 aliphatic carbocycles. The number of Topliss-reactive ketones (excluding diaryl/α,β-unsaturated/α-hetero) is 1. The van der Waals surface area contributed by atoms with Crippen molar-refractivity contribution >= 4 is 17.5 Å². The van der Waals surface area contributed by atoms with Crippen molar-refractivity contribution in [3.63, 3.8) is 0 Å². The number of carbonyl (C=O) groups is 1. The summed E-state index contributed by atoms with van der Waals surface area (Å²) in [5.74, 6) is 0.832. The Bertz CT molecular complexity index is 725. The maximum atomic E-state index is 12.2. The minimum Gasteiger partial charge on any atom is -0.497 e. The van der Waals surface area contributed by atoms with Crippen molar-refractivity contribution in [2.45, 2.75) is 12.1 Å². The summed E-state index contributed by atoms with van der Waals surface area (Å²) in [4.78, 5) is 28.1. The summed E-state index contributed by atoms with van der Waals surface area (Å²) in [6.45, 7) is 1.76. The van der Waals surface area contributed by atoms with Crippen LogP contribution in [-0.2, 0) is 7.05 Å². The van der Waals surface area contributed by atoms with Crippen molar-refractivity contribution in [3.05, 3.63) is 51.9 Å². The average molecular weight is 304 g/mol. The van der Waals surface area contributed by atoms with E-state index in [-0.39, 0.29) is 17.1 Å². The predicted octanol–water partition coefficient (Wildman–Crippen LogP) is 2.07. The summed E-state index contributed by atoms with van der Waals surface area (Å²) in [6, 6.07) is 8.47. The second kappa shape index (κ2) is 6.58. The number of hydrogen-bond acceptors (Lipinski definition) is 5. The molecular weight excluding hydrogens is 288 g/mol. The highest BCUT2D eigenvalue weighted by Gasteiger charge is 2.10. The second-order valence-corrected chi connectivity index (χ2v) is 5.46. The fraction of sp³-hybridized carbons (Fsp3) is 0.267. The van der Waals surface area contributed by atoms with Gasteiger partial charge in [0.15, 0.2) is 10.9 Å².